The molecule has 1 fully saturated rings. The van der Waals surface area contributed by atoms with Crippen molar-refractivity contribution >= 4 is 46.5 Å². The molecule has 5 rings (SSSR count). The Balaban J connectivity index is 1.25. The Hall–Kier alpha value is -3.07. The first-order chi connectivity index (χ1) is 19.3. The van der Waals surface area contributed by atoms with E-state index in [4.69, 9.17) is 28.2 Å². The highest BCUT2D eigenvalue weighted by atomic mass is 35.5. The molecular weight excluding hydrogens is 549 g/mol. The smallest absolute Gasteiger partial charge is 0.306 e. The SMILES string of the molecule is CNc1cccc(-c2cccc(NC(=O)c3nc4c(n3C)CCN(CC[C@H]3CC[C@H](C(=O)O)CC3)C4)c2Cl)c1Cl. The third-order valence-electron chi connectivity index (χ3n) is 8.39. The minimum absolute atomic E-state index is 0.174. The Labute approximate surface area is 244 Å². The van der Waals surface area contributed by atoms with Crippen LogP contribution < -0.4 is 10.6 Å². The average molecular weight is 585 g/mol. The summed E-state index contributed by atoms with van der Waals surface area (Å²) in [6.07, 6.45) is 5.43. The van der Waals surface area contributed by atoms with Crippen LogP contribution in [0.4, 0.5) is 11.4 Å². The van der Waals surface area contributed by atoms with Crippen LogP contribution >= 0.6 is 23.2 Å². The summed E-state index contributed by atoms with van der Waals surface area (Å²) in [6, 6.07) is 11.2. The predicted octanol–water partition coefficient (Wildman–Crippen LogP) is 6.33. The van der Waals surface area contributed by atoms with E-state index in [-0.39, 0.29) is 11.8 Å². The summed E-state index contributed by atoms with van der Waals surface area (Å²) in [5.41, 5.74) is 4.81. The van der Waals surface area contributed by atoms with Gasteiger partial charge in [0.15, 0.2) is 5.82 Å². The van der Waals surface area contributed by atoms with Gasteiger partial charge in [0.2, 0.25) is 0 Å². The van der Waals surface area contributed by atoms with Crippen molar-refractivity contribution < 1.29 is 14.7 Å². The van der Waals surface area contributed by atoms with Crippen LogP contribution in [-0.4, -0.2) is 51.6 Å². The molecule has 2 aromatic carbocycles. The van der Waals surface area contributed by atoms with Crippen molar-refractivity contribution in [2.45, 2.75) is 45.1 Å². The minimum Gasteiger partial charge on any atom is -0.481 e. The summed E-state index contributed by atoms with van der Waals surface area (Å²) in [5, 5.41) is 16.2. The molecule has 1 aliphatic carbocycles. The van der Waals surface area contributed by atoms with E-state index in [1.54, 1.807) is 6.07 Å². The molecule has 212 valence electrons. The van der Waals surface area contributed by atoms with E-state index in [0.29, 0.717) is 34.0 Å². The molecule has 0 radical (unpaired) electrons. The number of anilines is 2. The lowest BCUT2D eigenvalue weighted by Crippen LogP contribution is -2.33. The number of benzene rings is 2. The molecule has 10 heteroatoms. The van der Waals surface area contributed by atoms with Crippen LogP contribution in [0.1, 0.15) is 54.1 Å². The Morgan fingerprint density at radius 2 is 1.68 bits per heavy atom. The maximum Gasteiger partial charge on any atom is 0.306 e. The molecule has 0 spiro atoms. The molecule has 0 saturated heterocycles. The van der Waals surface area contributed by atoms with Gasteiger partial charge in [0, 0.05) is 50.4 Å². The van der Waals surface area contributed by atoms with Crippen LogP contribution in [0, 0.1) is 11.8 Å². The first-order valence-corrected chi connectivity index (χ1v) is 14.6. The fraction of sp³-hybridized carbons (Fsp3) is 0.433. The first kappa shape index (κ1) is 28.5. The highest BCUT2D eigenvalue weighted by Crippen LogP contribution is 2.40. The predicted molar refractivity (Wildman–Crippen MR) is 159 cm³/mol. The highest BCUT2D eigenvalue weighted by Gasteiger charge is 2.28. The van der Waals surface area contributed by atoms with Gasteiger partial charge in [0.25, 0.3) is 5.91 Å². The van der Waals surface area contributed by atoms with Gasteiger partial charge >= 0.3 is 5.97 Å². The van der Waals surface area contributed by atoms with Crippen molar-refractivity contribution in [2.75, 3.05) is 30.8 Å². The summed E-state index contributed by atoms with van der Waals surface area (Å²) in [5.74, 6) is -0.205. The van der Waals surface area contributed by atoms with E-state index in [1.165, 1.54) is 0 Å². The summed E-state index contributed by atoms with van der Waals surface area (Å²) in [4.78, 5) is 31.7. The van der Waals surface area contributed by atoms with Crippen molar-refractivity contribution in [1.29, 1.82) is 0 Å². The largest absolute Gasteiger partial charge is 0.481 e. The molecule has 1 aromatic heterocycles. The van der Waals surface area contributed by atoms with Gasteiger partial charge in [0.05, 0.1) is 33.0 Å². The van der Waals surface area contributed by atoms with E-state index >= 15 is 0 Å². The van der Waals surface area contributed by atoms with Gasteiger partial charge in [-0.2, -0.15) is 0 Å². The van der Waals surface area contributed by atoms with Gasteiger partial charge in [-0.15, -0.1) is 0 Å². The number of fused-ring (bicyclic) bond motifs is 1. The maximum atomic E-state index is 13.4. The number of amides is 1. The molecule has 0 atom stereocenters. The van der Waals surface area contributed by atoms with Crippen molar-refractivity contribution in [1.82, 2.24) is 14.5 Å². The number of carboxylic acids is 1. The van der Waals surface area contributed by atoms with E-state index in [1.807, 2.05) is 49.0 Å². The van der Waals surface area contributed by atoms with Crippen molar-refractivity contribution in [3.63, 3.8) is 0 Å². The molecule has 40 heavy (non-hydrogen) atoms. The number of carbonyl (C=O) groups excluding carboxylic acids is 1. The molecule has 1 amide bonds. The van der Waals surface area contributed by atoms with Gasteiger partial charge in [-0.1, -0.05) is 47.5 Å². The Morgan fingerprint density at radius 1 is 1.02 bits per heavy atom. The normalized spacial score (nSPS) is 19.2. The number of rotatable bonds is 8. The molecule has 0 bridgehead atoms. The quantitative estimate of drug-likeness (QED) is 0.286. The van der Waals surface area contributed by atoms with Crippen LogP contribution in [-0.2, 0) is 24.8 Å². The third-order valence-corrected chi connectivity index (χ3v) is 9.21. The summed E-state index contributed by atoms with van der Waals surface area (Å²) >= 11 is 13.4. The lowest BCUT2D eigenvalue weighted by Gasteiger charge is -2.30. The number of hydrogen-bond donors (Lipinski definition) is 3. The zero-order valence-electron chi connectivity index (χ0n) is 22.8. The number of carbonyl (C=O) groups is 2. The van der Waals surface area contributed by atoms with Gasteiger partial charge in [-0.25, -0.2) is 4.98 Å². The second-order valence-electron chi connectivity index (χ2n) is 10.8. The fourth-order valence-corrected chi connectivity index (χ4v) is 6.58. The van der Waals surface area contributed by atoms with Crippen LogP contribution in [0.3, 0.4) is 0 Å². The number of aliphatic carboxylic acids is 1. The maximum absolute atomic E-state index is 13.4. The Kier molecular flexibility index (Phi) is 8.68. The average Bonchev–Trinajstić information content (AvgIpc) is 3.29. The zero-order valence-corrected chi connectivity index (χ0v) is 24.4. The molecule has 0 unspecified atom stereocenters. The van der Waals surface area contributed by atoms with Crippen LogP contribution in [0.25, 0.3) is 11.1 Å². The number of hydrogen-bond acceptors (Lipinski definition) is 5. The minimum atomic E-state index is -0.657. The van der Waals surface area contributed by atoms with Crippen LogP contribution in [0.5, 0.6) is 0 Å². The number of aromatic nitrogens is 2. The number of imidazole rings is 1. The standard InChI is InChI=1S/C30H35Cl2N5O3/c1-33-22-7-3-5-20(26(22)31)21-6-4-8-23(27(21)32)35-29(38)28-34-24-17-37(16-14-25(24)36(28)2)15-13-18-9-11-19(12-10-18)30(39)40/h3-8,18-19,33H,9-17H2,1-2H3,(H,35,38)(H,39,40)/t18-,19-. The van der Waals surface area contributed by atoms with E-state index in [2.05, 4.69) is 15.5 Å². The van der Waals surface area contributed by atoms with Gasteiger partial charge < -0.3 is 20.3 Å². The molecule has 2 heterocycles. The van der Waals surface area contributed by atoms with E-state index < -0.39 is 5.97 Å². The number of halogens is 2. The molecular formula is C30H35Cl2N5O3. The summed E-state index contributed by atoms with van der Waals surface area (Å²) in [7, 11) is 3.70. The zero-order chi connectivity index (χ0) is 28.4. The lowest BCUT2D eigenvalue weighted by molar-refractivity contribution is -0.143. The molecule has 3 aromatic rings. The van der Waals surface area contributed by atoms with E-state index in [9.17, 15) is 14.7 Å². The number of carboxylic acid groups (broad SMARTS) is 1. The van der Waals surface area contributed by atoms with Crippen molar-refractivity contribution in [2.24, 2.45) is 18.9 Å². The van der Waals surface area contributed by atoms with Crippen molar-refractivity contribution in [3.05, 3.63) is 63.7 Å². The highest BCUT2D eigenvalue weighted by molar-refractivity contribution is 6.39. The molecule has 2 aliphatic rings. The van der Waals surface area contributed by atoms with Gasteiger partial charge in [-0.05, 0) is 56.7 Å². The van der Waals surface area contributed by atoms with Gasteiger partial charge in [-0.3, -0.25) is 14.5 Å². The second kappa shape index (κ2) is 12.2. The number of nitrogens with one attached hydrogen (secondary N) is 2. The fourth-order valence-electron chi connectivity index (χ4n) is 5.99. The molecule has 1 saturated carbocycles. The van der Waals surface area contributed by atoms with Crippen LogP contribution in [0.15, 0.2) is 36.4 Å². The van der Waals surface area contributed by atoms with Crippen LogP contribution in [0.2, 0.25) is 10.0 Å². The summed E-state index contributed by atoms with van der Waals surface area (Å²) in [6.45, 7) is 2.58. The second-order valence-corrected chi connectivity index (χ2v) is 11.6. The topological polar surface area (TPSA) is 99.5 Å². The molecule has 1 aliphatic heterocycles. The van der Waals surface area contributed by atoms with E-state index in [0.717, 1.165) is 79.8 Å². The Bertz CT molecular complexity index is 1410. The Morgan fingerprint density at radius 3 is 2.33 bits per heavy atom. The number of nitrogens with zero attached hydrogens (tertiary/aromatic N) is 3. The van der Waals surface area contributed by atoms with Gasteiger partial charge in [0.1, 0.15) is 0 Å². The van der Waals surface area contributed by atoms with Crippen molar-refractivity contribution in [3.8, 4) is 11.1 Å². The summed E-state index contributed by atoms with van der Waals surface area (Å²) < 4.78 is 1.89. The lowest BCUT2D eigenvalue weighted by atomic mass is 9.80. The third kappa shape index (κ3) is 5.85. The monoisotopic (exact) mass is 583 g/mol. The molecule has 8 nitrogen and oxygen atoms in total. The first-order valence-electron chi connectivity index (χ1n) is 13.8. The molecule has 3 N–H and O–H groups in total.